The smallest absolute Gasteiger partial charge is 0.118 e. The SMILES string of the molecule is C=C(C)C(O)CCc1ccc(OC)cc1. The van der Waals surface area contributed by atoms with E-state index in [-0.39, 0.29) is 0 Å². The van der Waals surface area contributed by atoms with E-state index in [1.807, 2.05) is 31.2 Å². The average molecular weight is 206 g/mol. The second-order valence-electron chi connectivity index (χ2n) is 3.75. The topological polar surface area (TPSA) is 29.5 Å². The first-order valence-electron chi connectivity index (χ1n) is 5.10. The second-order valence-corrected chi connectivity index (χ2v) is 3.75. The van der Waals surface area contributed by atoms with Gasteiger partial charge in [-0.3, -0.25) is 0 Å². The summed E-state index contributed by atoms with van der Waals surface area (Å²) in [5.74, 6) is 0.860. The highest BCUT2D eigenvalue weighted by atomic mass is 16.5. The van der Waals surface area contributed by atoms with Crippen LogP contribution in [0.5, 0.6) is 5.75 Å². The quantitative estimate of drug-likeness (QED) is 0.750. The van der Waals surface area contributed by atoms with E-state index >= 15 is 0 Å². The van der Waals surface area contributed by atoms with E-state index in [0.29, 0.717) is 0 Å². The van der Waals surface area contributed by atoms with E-state index in [0.717, 1.165) is 24.2 Å². The molecule has 1 aromatic rings. The zero-order valence-electron chi connectivity index (χ0n) is 9.36. The molecule has 0 aliphatic carbocycles. The predicted molar refractivity (Wildman–Crippen MR) is 62.1 cm³/mol. The molecule has 0 aliphatic heterocycles. The summed E-state index contributed by atoms with van der Waals surface area (Å²) < 4.78 is 5.07. The summed E-state index contributed by atoms with van der Waals surface area (Å²) in [6.07, 6.45) is 1.19. The van der Waals surface area contributed by atoms with Crippen molar-refractivity contribution in [3.8, 4) is 5.75 Å². The van der Waals surface area contributed by atoms with Crippen molar-refractivity contribution in [2.24, 2.45) is 0 Å². The Morgan fingerprint density at radius 1 is 1.40 bits per heavy atom. The van der Waals surface area contributed by atoms with Crippen LogP contribution in [-0.2, 0) is 6.42 Å². The highest BCUT2D eigenvalue weighted by molar-refractivity contribution is 5.27. The molecule has 2 heteroatoms. The lowest BCUT2D eigenvalue weighted by atomic mass is 10.0. The van der Waals surface area contributed by atoms with Crippen molar-refractivity contribution in [1.29, 1.82) is 0 Å². The van der Waals surface area contributed by atoms with Crippen LogP contribution in [0.2, 0.25) is 0 Å². The van der Waals surface area contributed by atoms with Gasteiger partial charge in [0.25, 0.3) is 0 Å². The molecule has 1 aromatic carbocycles. The van der Waals surface area contributed by atoms with Gasteiger partial charge in [0.1, 0.15) is 5.75 Å². The number of aliphatic hydroxyl groups is 1. The fourth-order valence-electron chi connectivity index (χ4n) is 1.34. The molecule has 1 unspecified atom stereocenters. The first-order valence-corrected chi connectivity index (χ1v) is 5.10. The summed E-state index contributed by atoms with van der Waals surface area (Å²) in [4.78, 5) is 0. The van der Waals surface area contributed by atoms with E-state index in [9.17, 15) is 5.11 Å². The minimum atomic E-state index is -0.396. The van der Waals surface area contributed by atoms with Gasteiger partial charge in [-0.2, -0.15) is 0 Å². The third kappa shape index (κ3) is 3.76. The third-order valence-electron chi connectivity index (χ3n) is 2.43. The summed E-state index contributed by atoms with van der Waals surface area (Å²) in [6, 6.07) is 7.90. The largest absolute Gasteiger partial charge is 0.497 e. The molecule has 1 atom stereocenters. The molecule has 0 bridgehead atoms. The number of ether oxygens (including phenoxy) is 1. The summed E-state index contributed by atoms with van der Waals surface area (Å²) in [7, 11) is 1.65. The van der Waals surface area contributed by atoms with E-state index in [1.165, 1.54) is 5.56 Å². The van der Waals surface area contributed by atoms with Crippen LogP contribution in [0, 0.1) is 0 Å². The number of aryl methyl sites for hydroxylation is 1. The van der Waals surface area contributed by atoms with Gasteiger partial charge in [0.05, 0.1) is 13.2 Å². The lowest BCUT2D eigenvalue weighted by molar-refractivity contribution is 0.201. The maximum Gasteiger partial charge on any atom is 0.118 e. The Bertz CT molecular complexity index is 314. The Hall–Kier alpha value is -1.28. The lowest BCUT2D eigenvalue weighted by Gasteiger charge is -2.09. The van der Waals surface area contributed by atoms with E-state index in [1.54, 1.807) is 7.11 Å². The Morgan fingerprint density at radius 3 is 2.47 bits per heavy atom. The molecular formula is C13H18O2. The molecule has 1 rings (SSSR count). The van der Waals surface area contributed by atoms with Crippen molar-refractivity contribution in [3.05, 3.63) is 42.0 Å². The Labute approximate surface area is 91.2 Å². The molecule has 0 fully saturated rings. The van der Waals surface area contributed by atoms with Crippen molar-refractivity contribution in [2.45, 2.75) is 25.9 Å². The van der Waals surface area contributed by atoms with Crippen LogP contribution in [-0.4, -0.2) is 18.3 Å². The van der Waals surface area contributed by atoms with Gasteiger partial charge in [-0.15, -0.1) is 0 Å². The lowest BCUT2D eigenvalue weighted by Crippen LogP contribution is -2.08. The second kappa shape index (κ2) is 5.56. The summed E-state index contributed by atoms with van der Waals surface area (Å²) in [5.41, 5.74) is 2.03. The summed E-state index contributed by atoms with van der Waals surface area (Å²) in [6.45, 7) is 5.57. The summed E-state index contributed by atoms with van der Waals surface area (Å²) >= 11 is 0. The third-order valence-corrected chi connectivity index (χ3v) is 2.43. The number of hydrogen-bond donors (Lipinski definition) is 1. The van der Waals surface area contributed by atoms with E-state index in [2.05, 4.69) is 6.58 Å². The van der Waals surface area contributed by atoms with Crippen LogP contribution in [0.1, 0.15) is 18.9 Å². The van der Waals surface area contributed by atoms with E-state index < -0.39 is 6.10 Å². The van der Waals surface area contributed by atoms with Crippen LogP contribution in [0.3, 0.4) is 0 Å². The molecule has 0 aliphatic rings. The monoisotopic (exact) mass is 206 g/mol. The first-order chi connectivity index (χ1) is 7.13. The summed E-state index contributed by atoms with van der Waals surface area (Å²) in [5, 5.41) is 9.56. The van der Waals surface area contributed by atoms with Crippen LogP contribution in [0.15, 0.2) is 36.4 Å². The van der Waals surface area contributed by atoms with Gasteiger partial charge >= 0.3 is 0 Å². The maximum atomic E-state index is 9.56. The van der Waals surface area contributed by atoms with Gasteiger partial charge in [-0.1, -0.05) is 24.3 Å². The highest BCUT2D eigenvalue weighted by Gasteiger charge is 2.04. The number of rotatable bonds is 5. The molecule has 15 heavy (non-hydrogen) atoms. The van der Waals surface area contributed by atoms with Crippen molar-refractivity contribution in [3.63, 3.8) is 0 Å². The van der Waals surface area contributed by atoms with Gasteiger partial charge in [0.15, 0.2) is 0 Å². The van der Waals surface area contributed by atoms with Crippen LogP contribution in [0.25, 0.3) is 0 Å². The number of aliphatic hydroxyl groups excluding tert-OH is 1. The number of methoxy groups -OCH3 is 1. The molecule has 0 heterocycles. The average Bonchev–Trinajstić information content (AvgIpc) is 2.26. The molecule has 0 radical (unpaired) electrons. The molecule has 0 saturated carbocycles. The first kappa shape index (κ1) is 11.8. The number of benzene rings is 1. The maximum absolute atomic E-state index is 9.56. The molecule has 0 saturated heterocycles. The molecular weight excluding hydrogens is 188 g/mol. The Morgan fingerprint density at radius 2 is 2.00 bits per heavy atom. The molecule has 0 aromatic heterocycles. The van der Waals surface area contributed by atoms with Gasteiger partial charge < -0.3 is 9.84 Å². The normalized spacial score (nSPS) is 12.2. The number of hydrogen-bond acceptors (Lipinski definition) is 2. The Balaban J connectivity index is 2.47. The van der Waals surface area contributed by atoms with Gasteiger partial charge in [-0.25, -0.2) is 0 Å². The molecule has 0 spiro atoms. The fourth-order valence-corrected chi connectivity index (χ4v) is 1.34. The molecule has 82 valence electrons. The minimum Gasteiger partial charge on any atom is -0.497 e. The zero-order chi connectivity index (χ0) is 11.3. The zero-order valence-corrected chi connectivity index (χ0v) is 9.36. The van der Waals surface area contributed by atoms with Gasteiger partial charge in [0.2, 0.25) is 0 Å². The molecule has 2 nitrogen and oxygen atoms in total. The van der Waals surface area contributed by atoms with E-state index in [4.69, 9.17) is 4.74 Å². The van der Waals surface area contributed by atoms with Gasteiger partial charge in [-0.05, 0) is 37.5 Å². The van der Waals surface area contributed by atoms with Crippen LogP contribution >= 0.6 is 0 Å². The molecule has 0 amide bonds. The van der Waals surface area contributed by atoms with Crippen LogP contribution < -0.4 is 4.74 Å². The fraction of sp³-hybridized carbons (Fsp3) is 0.385. The van der Waals surface area contributed by atoms with Crippen LogP contribution in [0.4, 0.5) is 0 Å². The standard InChI is InChI=1S/C13H18O2/c1-10(2)13(14)9-6-11-4-7-12(15-3)8-5-11/h4-5,7-8,13-14H,1,6,9H2,2-3H3. The van der Waals surface area contributed by atoms with Crippen molar-refractivity contribution in [1.82, 2.24) is 0 Å². The highest BCUT2D eigenvalue weighted by Crippen LogP contribution is 2.14. The predicted octanol–water partition coefficient (Wildman–Crippen LogP) is 2.56. The van der Waals surface area contributed by atoms with Gasteiger partial charge in [0, 0.05) is 0 Å². The van der Waals surface area contributed by atoms with Crippen molar-refractivity contribution < 1.29 is 9.84 Å². The Kier molecular flexibility index (Phi) is 4.37. The minimum absolute atomic E-state index is 0.396. The van der Waals surface area contributed by atoms with Crippen molar-refractivity contribution >= 4 is 0 Å². The van der Waals surface area contributed by atoms with Crippen molar-refractivity contribution in [2.75, 3.05) is 7.11 Å². The molecule has 1 N–H and O–H groups in total.